The lowest BCUT2D eigenvalue weighted by molar-refractivity contribution is -0.138. The number of carboxylic acid groups (broad SMARTS) is 1. The molecule has 0 amide bonds. The van der Waals surface area contributed by atoms with Gasteiger partial charge in [0, 0.05) is 5.56 Å². The van der Waals surface area contributed by atoms with Gasteiger partial charge in [0.1, 0.15) is 0 Å². The SMILES string of the molecule is CC(C(=O)O)c1ccc(F)c2c1OCO2. The highest BCUT2D eigenvalue weighted by atomic mass is 19.1. The largest absolute Gasteiger partial charge is 0.481 e. The maximum atomic E-state index is 13.2. The van der Waals surface area contributed by atoms with E-state index in [2.05, 4.69) is 0 Å². The molecule has 0 bridgehead atoms. The van der Waals surface area contributed by atoms with Gasteiger partial charge in [-0.25, -0.2) is 4.39 Å². The molecular weight excluding hydrogens is 203 g/mol. The fourth-order valence-electron chi connectivity index (χ4n) is 1.46. The summed E-state index contributed by atoms with van der Waals surface area (Å²) in [5, 5.41) is 8.85. The number of fused-ring (bicyclic) bond motifs is 1. The molecule has 1 aromatic rings. The van der Waals surface area contributed by atoms with E-state index in [0.29, 0.717) is 5.56 Å². The summed E-state index contributed by atoms with van der Waals surface area (Å²) in [7, 11) is 0. The van der Waals surface area contributed by atoms with Crippen LogP contribution in [0.25, 0.3) is 0 Å². The second kappa shape index (κ2) is 3.42. The third kappa shape index (κ3) is 1.49. The summed E-state index contributed by atoms with van der Waals surface area (Å²) in [5.41, 5.74) is 0.427. The molecule has 0 aliphatic carbocycles. The van der Waals surface area contributed by atoms with Gasteiger partial charge >= 0.3 is 5.97 Å². The Morgan fingerprint density at radius 1 is 1.47 bits per heavy atom. The first kappa shape index (κ1) is 9.76. The summed E-state index contributed by atoms with van der Waals surface area (Å²) in [6.45, 7) is 1.44. The zero-order valence-electron chi connectivity index (χ0n) is 7.99. The maximum absolute atomic E-state index is 13.2. The van der Waals surface area contributed by atoms with Gasteiger partial charge < -0.3 is 14.6 Å². The average Bonchev–Trinajstić information content (AvgIpc) is 2.66. The Kier molecular flexibility index (Phi) is 2.22. The van der Waals surface area contributed by atoms with Crippen LogP contribution in [0.5, 0.6) is 11.5 Å². The molecule has 1 aliphatic rings. The van der Waals surface area contributed by atoms with Gasteiger partial charge in [-0.2, -0.15) is 0 Å². The van der Waals surface area contributed by atoms with E-state index in [1.165, 1.54) is 19.1 Å². The number of halogens is 1. The molecule has 4 nitrogen and oxygen atoms in total. The van der Waals surface area contributed by atoms with Crippen molar-refractivity contribution in [2.45, 2.75) is 12.8 Å². The van der Waals surface area contributed by atoms with E-state index in [9.17, 15) is 9.18 Å². The Balaban J connectivity index is 2.50. The molecule has 1 aromatic carbocycles. The van der Waals surface area contributed by atoms with Crippen LogP contribution < -0.4 is 9.47 Å². The second-order valence-electron chi connectivity index (χ2n) is 3.26. The minimum atomic E-state index is -0.987. The monoisotopic (exact) mass is 212 g/mol. The Hall–Kier alpha value is -1.78. The van der Waals surface area contributed by atoms with Crippen molar-refractivity contribution in [1.29, 1.82) is 0 Å². The first-order valence-electron chi connectivity index (χ1n) is 4.42. The third-order valence-electron chi connectivity index (χ3n) is 2.34. The van der Waals surface area contributed by atoms with Crippen LogP contribution in [0, 0.1) is 5.82 Å². The van der Waals surface area contributed by atoms with Gasteiger partial charge in [0.05, 0.1) is 5.92 Å². The number of carboxylic acids is 1. The van der Waals surface area contributed by atoms with E-state index in [4.69, 9.17) is 14.6 Å². The van der Waals surface area contributed by atoms with Gasteiger partial charge in [0.25, 0.3) is 0 Å². The molecule has 80 valence electrons. The van der Waals surface area contributed by atoms with Crippen LogP contribution in [0.15, 0.2) is 12.1 Å². The summed E-state index contributed by atoms with van der Waals surface area (Å²) in [6, 6.07) is 2.59. The Morgan fingerprint density at radius 3 is 2.80 bits per heavy atom. The van der Waals surface area contributed by atoms with Crippen LogP contribution in [-0.2, 0) is 4.79 Å². The van der Waals surface area contributed by atoms with Crippen molar-refractivity contribution < 1.29 is 23.8 Å². The Labute approximate surface area is 85.2 Å². The van der Waals surface area contributed by atoms with E-state index < -0.39 is 17.7 Å². The first-order valence-corrected chi connectivity index (χ1v) is 4.42. The lowest BCUT2D eigenvalue weighted by Crippen LogP contribution is -2.08. The number of hydrogen-bond acceptors (Lipinski definition) is 3. The fraction of sp³-hybridized carbons (Fsp3) is 0.300. The third-order valence-corrected chi connectivity index (χ3v) is 2.34. The molecule has 1 heterocycles. The molecule has 0 fully saturated rings. The van der Waals surface area contributed by atoms with Gasteiger partial charge in [0.15, 0.2) is 11.6 Å². The standard InChI is InChI=1S/C10H9FO4/c1-5(10(12)13)6-2-3-7(11)9-8(6)14-4-15-9/h2-3,5H,4H2,1H3,(H,12,13). The smallest absolute Gasteiger partial charge is 0.310 e. The van der Waals surface area contributed by atoms with Crippen LogP contribution in [0.2, 0.25) is 0 Å². The van der Waals surface area contributed by atoms with Crippen LogP contribution in [0.4, 0.5) is 4.39 Å². The molecule has 0 aromatic heterocycles. The van der Waals surface area contributed by atoms with Crippen molar-refractivity contribution in [2.75, 3.05) is 6.79 Å². The van der Waals surface area contributed by atoms with Crippen LogP contribution in [0.1, 0.15) is 18.4 Å². The lowest BCUT2D eigenvalue weighted by atomic mass is 10.00. The molecule has 1 N–H and O–H groups in total. The summed E-state index contributed by atoms with van der Waals surface area (Å²) in [4.78, 5) is 10.8. The van der Waals surface area contributed by atoms with Crippen LogP contribution in [0.3, 0.4) is 0 Å². The van der Waals surface area contributed by atoms with Crippen molar-refractivity contribution in [3.05, 3.63) is 23.5 Å². The van der Waals surface area contributed by atoms with Gasteiger partial charge in [-0.15, -0.1) is 0 Å². The van der Waals surface area contributed by atoms with Gasteiger partial charge in [-0.1, -0.05) is 6.07 Å². The fourth-order valence-corrected chi connectivity index (χ4v) is 1.46. The summed E-state index contributed by atoms with van der Waals surface area (Å²) in [6.07, 6.45) is 0. The van der Waals surface area contributed by atoms with Crippen molar-refractivity contribution in [1.82, 2.24) is 0 Å². The minimum Gasteiger partial charge on any atom is -0.481 e. The lowest BCUT2D eigenvalue weighted by Gasteiger charge is -2.09. The predicted octanol–water partition coefficient (Wildman–Crippen LogP) is 1.74. The number of hydrogen-bond donors (Lipinski definition) is 1. The summed E-state index contributed by atoms with van der Waals surface area (Å²) in [5.74, 6) is -2.07. The number of rotatable bonds is 2. The molecule has 0 radical (unpaired) electrons. The van der Waals surface area contributed by atoms with Crippen molar-refractivity contribution >= 4 is 5.97 Å². The Morgan fingerprint density at radius 2 is 2.13 bits per heavy atom. The van der Waals surface area contributed by atoms with Gasteiger partial charge in [0.2, 0.25) is 12.5 Å². The minimum absolute atomic E-state index is 0.000556. The number of ether oxygens (including phenoxy) is 2. The molecule has 5 heteroatoms. The molecule has 1 atom stereocenters. The molecule has 0 spiro atoms. The van der Waals surface area contributed by atoms with E-state index in [-0.39, 0.29) is 18.3 Å². The number of aliphatic carboxylic acids is 1. The predicted molar refractivity (Wildman–Crippen MR) is 48.6 cm³/mol. The molecule has 0 saturated carbocycles. The van der Waals surface area contributed by atoms with Gasteiger partial charge in [-0.05, 0) is 13.0 Å². The highest BCUT2D eigenvalue weighted by Crippen LogP contribution is 2.41. The van der Waals surface area contributed by atoms with Gasteiger partial charge in [-0.3, -0.25) is 4.79 Å². The molecule has 15 heavy (non-hydrogen) atoms. The normalized spacial score (nSPS) is 15.1. The zero-order chi connectivity index (χ0) is 11.0. The van der Waals surface area contributed by atoms with Crippen molar-refractivity contribution in [2.24, 2.45) is 0 Å². The van der Waals surface area contributed by atoms with E-state index in [1.54, 1.807) is 0 Å². The zero-order valence-corrected chi connectivity index (χ0v) is 7.99. The van der Waals surface area contributed by atoms with Crippen LogP contribution >= 0.6 is 0 Å². The van der Waals surface area contributed by atoms with Crippen LogP contribution in [-0.4, -0.2) is 17.9 Å². The van der Waals surface area contributed by atoms with E-state index in [1.807, 2.05) is 0 Å². The molecule has 1 aliphatic heterocycles. The van der Waals surface area contributed by atoms with E-state index in [0.717, 1.165) is 0 Å². The molecule has 2 rings (SSSR count). The Bertz CT molecular complexity index is 416. The summed E-state index contributed by atoms with van der Waals surface area (Å²) < 4.78 is 23.1. The molecular formula is C10H9FO4. The van der Waals surface area contributed by atoms with Crippen molar-refractivity contribution in [3.8, 4) is 11.5 Å². The quantitative estimate of drug-likeness (QED) is 0.811. The first-order chi connectivity index (χ1) is 7.11. The number of carbonyl (C=O) groups is 1. The van der Waals surface area contributed by atoms with Crippen molar-refractivity contribution in [3.63, 3.8) is 0 Å². The second-order valence-corrected chi connectivity index (χ2v) is 3.26. The summed E-state index contributed by atoms with van der Waals surface area (Å²) >= 11 is 0. The van der Waals surface area contributed by atoms with E-state index >= 15 is 0 Å². The number of benzene rings is 1. The average molecular weight is 212 g/mol. The topological polar surface area (TPSA) is 55.8 Å². The maximum Gasteiger partial charge on any atom is 0.310 e. The molecule has 1 unspecified atom stereocenters. The molecule has 0 saturated heterocycles. The highest BCUT2D eigenvalue weighted by Gasteiger charge is 2.27. The highest BCUT2D eigenvalue weighted by molar-refractivity contribution is 5.77.